The fourth-order valence-corrected chi connectivity index (χ4v) is 3.08. The number of likely N-dealkylation sites (tertiary alicyclic amines) is 1. The topological polar surface area (TPSA) is 12.5 Å². The average molecular weight is 317 g/mol. The fourth-order valence-electron chi connectivity index (χ4n) is 2.65. The van der Waals surface area contributed by atoms with E-state index in [1.165, 1.54) is 5.56 Å². The Morgan fingerprint density at radius 3 is 2.65 bits per heavy atom. The van der Waals surface area contributed by atoms with Crippen molar-refractivity contribution in [2.45, 2.75) is 13.0 Å². The van der Waals surface area contributed by atoms with Gasteiger partial charge in [0.05, 0.1) is 18.2 Å². The van der Waals surface area contributed by atoms with Gasteiger partial charge >= 0.3 is 0 Å². The van der Waals surface area contributed by atoms with Crippen LogP contribution in [0.1, 0.15) is 18.5 Å². The first kappa shape index (κ1) is 12.0. The highest BCUT2D eigenvalue weighted by Crippen LogP contribution is 2.42. The second-order valence-electron chi connectivity index (χ2n) is 5.25. The van der Waals surface area contributed by atoms with Crippen LogP contribution in [0.15, 0.2) is 22.7 Å². The monoisotopic (exact) mass is 315 g/mol. The van der Waals surface area contributed by atoms with Gasteiger partial charge in [0.1, 0.15) is 0 Å². The van der Waals surface area contributed by atoms with Crippen LogP contribution in [0.2, 0.25) is 5.02 Å². The highest BCUT2D eigenvalue weighted by atomic mass is 79.9. The molecule has 2 aliphatic rings. The Morgan fingerprint density at radius 1 is 1.41 bits per heavy atom. The van der Waals surface area contributed by atoms with Crippen LogP contribution < -0.4 is 0 Å². The van der Waals surface area contributed by atoms with Gasteiger partial charge in [-0.1, -0.05) is 17.7 Å². The number of rotatable bonds is 2. The molecule has 0 aromatic heterocycles. The van der Waals surface area contributed by atoms with Crippen molar-refractivity contribution in [1.29, 1.82) is 0 Å². The van der Waals surface area contributed by atoms with Gasteiger partial charge in [-0.05, 0) is 40.5 Å². The third-order valence-corrected chi connectivity index (χ3v) is 5.10. The number of benzene rings is 1. The Labute approximate surface area is 115 Å². The number of nitrogens with zero attached hydrogens (tertiary/aromatic N) is 1. The second-order valence-corrected chi connectivity index (χ2v) is 6.51. The summed E-state index contributed by atoms with van der Waals surface area (Å²) in [5.74, 6) is 0. The van der Waals surface area contributed by atoms with Gasteiger partial charge in [-0.25, -0.2) is 0 Å². The van der Waals surface area contributed by atoms with Crippen LogP contribution in [-0.2, 0) is 4.74 Å². The third-order valence-electron chi connectivity index (χ3n) is 3.87. The summed E-state index contributed by atoms with van der Waals surface area (Å²) in [6.07, 6.45) is 0. The van der Waals surface area contributed by atoms with Crippen molar-refractivity contribution in [3.05, 3.63) is 33.3 Å². The molecule has 2 nitrogen and oxygen atoms in total. The predicted octanol–water partition coefficient (Wildman–Crippen LogP) is 3.50. The van der Waals surface area contributed by atoms with Gasteiger partial charge in [-0.15, -0.1) is 0 Å². The highest BCUT2D eigenvalue weighted by molar-refractivity contribution is 9.10. The number of hydrogen-bond donors (Lipinski definition) is 0. The van der Waals surface area contributed by atoms with Crippen molar-refractivity contribution in [2.75, 3.05) is 26.3 Å². The third kappa shape index (κ3) is 2.03. The summed E-state index contributed by atoms with van der Waals surface area (Å²) >= 11 is 9.56. The molecule has 1 aromatic carbocycles. The molecular weight excluding hydrogens is 302 g/mol. The van der Waals surface area contributed by atoms with E-state index in [1.807, 2.05) is 6.07 Å². The van der Waals surface area contributed by atoms with E-state index < -0.39 is 0 Å². The van der Waals surface area contributed by atoms with E-state index in [9.17, 15) is 0 Å². The molecular formula is C13H15BrClNO. The minimum absolute atomic E-state index is 0.437. The minimum atomic E-state index is 0.437. The summed E-state index contributed by atoms with van der Waals surface area (Å²) in [7, 11) is 0. The van der Waals surface area contributed by atoms with Gasteiger partial charge in [-0.2, -0.15) is 0 Å². The Bertz CT molecular complexity index is 439. The van der Waals surface area contributed by atoms with Crippen molar-refractivity contribution < 1.29 is 4.74 Å². The summed E-state index contributed by atoms with van der Waals surface area (Å²) in [4.78, 5) is 2.49. The van der Waals surface area contributed by atoms with Crippen LogP contribution in [-0.4, -0.2) is 31.2 Å². The lowest BCUT2D eigenvalue weighted by Gasteiger charge is -2.57. The lowest BCUT2D eigenvalue weighted by atomic mass is 9.77. The lowest BCUT2D eigenvalue weighted by Crippen LogP contribution is -2.66. The Kier molecular flexibility index (Phi) is 2.98. The van der Waals surface area contributed by atoms with Crippen molar-refractivity contribution in [3.8, 4) is 0 Å². The summed E-state index contributed by atoms with van der Waals surface area (Å²) in [5.41, 5.74) is 1.77. The predicted molar refractivity (Wildman–Crippen MR) is 72.4 cm³/mol. The Morgan fingerprint density at radius 2 is 2.12 bits per heavy atom. The molecule has 2 aliphatic heterocycles. The van der Waals surface area contributed by atoms with E-state index in [-0.39, 0.29) is 0 Å². The first-order valence-corrected chi connectivity index (χ1v) is 7.04. The summed E-state index contributed by atoms with van der Waals surface area (Å²) < 4.78 is 6.26. The van der Waals surface area contributed by atoms with E-state index >= 15 is 0 Å². The largest absolute Gasteiger partial charge is 0.380 e. The molecule has 0 bridgehead atoms. The number of halogens is 2. The maximum absolute atomic E-state index is 6.13. The molecule has 1 aromatic rings. The Hall–Kier alpha value is -0.0900. The molecule has 0 N–H and O–H groups in total. The molecule has 1 spiro atoms. The first-order chi connectivity index (χ1) is 8.10. The molecule has 1 atom stereocenters. The van der Waals surface area contributed by atoms with E-state index in [1.54, 1.807) is 0 Å². The van der Waals surface area contributed by atoms with Gasteiger partial charge in [0.15, 0.2) is 0 Å². The Balaban J connectivity index is 1.69. The molecule has 0 aliphatic carbocycles. The number of hydrogen-bond acceptors (Lipinski definition) is 2. The van der Waals surface area contributed by atoms with Crippen molar-refractivity contribution in [3.63, 3.8) is 0 Å². The molecule has 3 rings (SSSR count). The van der Waals surface area contributed by atoms with E-state index in [2.05, 4.69) is 39.9 Å². The zero-order chi connectivity index (χ0) is 12.0. The van der Waals surface area contributed by atoms with Crippen LogP contribution in [0, 0.1) is 5.41 Å². The molecule has 0 amide bonds. The smallest absolute Gasteiger partial charge is 0.0569 e. The normalized spacial score (nSPS) is 24.2. The minimum Gasteiger partial charge on any atom is -0.380 e. The highest BCUT2D eigenvalue weighted by Gasteiger charge is 2.50. The van der Waals surface area contributed by atoms with E-state index in [0.29, 0.717) is 11.5 Å². The maximum atomic E-state index is 6.13. The summed E-state index contributed by atoms with van der Waals surface area (Å²) in [6, 6.07) is 6.66. The maximum Gasteiger partial charge on any atom is 0.0569 e. The quantitative estimate of drug-likeness (QED) is 0.828. The standard InChI is InChI=1S/C13H15BrClNO/c1-9(10-2-3-11(14)12(15)4-10)16-5-13(6-16)7-17-8-13/h2-4,9H,5-8H2,1H3/t9-/m1/s1. The van der Waals surface area contributed by atoms with E-state index in [4.69, 9.17) is 16.3 Å². The molecule has 0 saturated carbocycles. The van der Waals surface area contributed by atoms with Crippen LogP contribution in [0.25, 0.3) is 0 Å². The number of ether oxygens (including phenoxy) is 1. The lowest BCUT2D eigenvalue weighted by molar-refractivity contribution is -0.197. The molecule has 0 unspecified atom stereocenters. The van der Waals surface area contributed by atoms with Crippen molar-refractivity contribution in [1.82, 2.24) is 4.90 Å². The first-order valence-electron chi connectivity index (χ1n) is 5.86. The average Bonchev–Trinajstić information content (AvgIpc) is 2.17. The molecule has 4 heteroatoms. The van der Waals surface area contributed by atoms with Crippen LogP contribution >= 0.6 is 27.5 Å². The zero-order valence-corrected chi connectivity index (χ0v) is 12.1. The molecule has 0 radical (unpaired) electrons. The van der Waals surface area contributed by atoms with Crippen molar-refractivity contribution in [2.24, 2.45) is 5.41 Å². The van der Waals surface area contributed by atoms with Crippen LogP contribution in [0.4, 0.5) is 0 Å². The molecule has 2 fully saturated rings. The van der Waals surface area contributed by atoms with Gasteiger partial charge in [0.2, 0.25) is 0 Å². The van der Waals surface area contributed by atoms with Gasteiger partial charge in [0.25, 0.3) is 0 Å². The summed E-state index contributed by atoms with van der Waals surface area (Å²) in [5, 5.41) is 0.788. The molecule has 2 heterocycles. The van der Waals surface area contributed by atoms with Crippen LogP contribution in [0.3, 0.4) is 0 Å². The summed E-state index contributed by atoms with van der Waals surface area (Å²) in [6.45, 7) is 6.43. The SMILES string of the molecule is C[C@H](c1ccc(Br)c(Cl)c1)N1CC2(COC2)C1. The zero-order valence-electron chi connectivity index (χ0n) is 9.75. The molecule has 92 valence electrons. The molecule has 2 saturated heterocycles. The van der Waals surface area contributed by atoms with Gasteiger partial charge < -0.3 is 4.74 Å². The molecule has 17 heavy (non-hydrogen) atoms. The van der Waals surface area contributed by atoms with E-state index in [0.717, 1.165) is 35.8 Å². The van der Waals surface area contributed by atoms with Gasteiger partial charge in [0, 0.05) is 29.0 Å². The van der Waals surface area contributed by atoms with Crippen molar-refractivity contribution >= 4 is 27.5 Å². The van der Waals surface area contributed by atoms with Gasteiger partial charge in [-0.3, -0.25) is 4.90 Å². The van der Waals surface area contributed by atoms with Crippen LogP contribution in [0.5, 0.6) is 0 Å². The second kappa shape index (κ2) is 4.23. The fraction of sp³-hybridized carbons (Fsp3) is 0.538.